The predicted molar refractivity (Wildman–Crippen MR) is 70.8 cm³/mol. The predicted octanol–water partition coefficient (Wildman–Crippen LogP) is 1.00. The zero-order chi connectivity index (χ0) is 13.5. The third-order valence-corrected chi connectivity index (χ3v) is 4.98. The molecule has 0 aromatic rings. The number of hydrogen-bond acceptors (Lipinski definition) is 3. The minimum absolute atomic E-state index is 0.00392. The first-order valence-electron chi connectivity index (χ1n) is 7.11. The average molecular weight is 266 g/mol. The second-order valence-electron chi connectivity index (χ2n) is 6.60. The lowest BCUT2D eigenvalue weighted by Gasteiger charge is -2.56. The number of amidine groups is 1. The van der Waals surface area contributed by atoms with E-state index in [0.29, 0.717) is 0 Å². The van der Waals surface area contributed by atoms with E-state index in [2.05, 4.69) is 15.8 Å². The summed E-state index contributed by atoms with van der Waals surface area (Å²) in [6.07, 6.45) is 7.42. The summed E-state index contributed by atoms with van der Waals surface area (Å²) in [5, 5.41) is 17.1. The minimum Gasteiger partial charge on any atom is -0.409 e. The van der Waals surface area contributed by atoms with E-state index >= 15 is 0 Å². The van der Waals surface area contributed by atoms with E-state index in [0.717, 1.165) is 37.0 Å². The fraction of sp³-hybridized carbons (Fsp3) is 0.846. The number of carbonyl (C=O) groups excluding carboxylic acids is 1. The SMILES string of the molecule is N/C(CNC(=O)NC12CC3CC(CC(C3)C1)C2)=N/O. The lowest BCUT2D eigenvalue weighted by atomic mass is 9.53. The van der Waals surface area contributed by atoms with Crippen LogP contribution in [0.5, 0.6) is 0 Å². The van der Waals surface area contributed by atoms with Crippen LogP contribution < -0.4 is 16.4 Å². The molecule has 4 aliphatic rings. The van der Waals surface area contributed by atoms with Gasteiger partial charge < -0.3 is 21.6 Å². The Hall–Kier alpha value is -1.46. The zero-order valence-electron chi connectivity index (χ0n) is 11.1. The van der Waals surface area contributed by atoms with Crippen LogP contribution in [0.4, 0.5) is 4.79 Å². The van der Waals surface area contributed by atoms with Crippen LogP contribution in [0.15, 0.2) is 5.16 Å². The van der Waals surface area contributed by atoms with E-state index in [9.17, 15) is 4.79 Å². The normalized spacial score (nSPS) is 40.2. The van der Waals surface area contributed by atoms with Gasteiger partial charge in [0.15, 0.2) is 5.84 Å². The molecule has 0 atom stereocenters. The number of urea groups is 1. The number of oxime groups is 1. The van der Waals surface area contributed by atoms with Gasteiger partial charge in [-0.05, 0) is 56.3 Å². The topological polar surface area (TPSA) is 99.7 Å². The zero-order valence-corrected chi connectivity index (χ0v) is 11.1. The molecule has 0 aromatic carbocycles. The Balaban J connectivity index is 1.58. The summed E-state index contributed by atoms with van der Waals surface area (Å²) < 4.78 is 0. The van der Waals surface area contributed by atoms with Gasteiger partial charge in [0, 0.05) is 5.54 Å². The molecule has 0 radical (unpaired) electrons. The van der Waals surface area contributed by atoms with Crippen LogP contribution in [0, 0.1) is 17.8 Å². The maximum absolute atomic E-state index is 11.9. The van der Waals surface area contributed by atoms with Crippen molar-refractivity contribution in [1.82, 2.24) is 10.6 Å². The van der Waals surface area contributed by atoms with E-state index in [1.807, 2.05) is 0 Å². The van der Waals surface area contributed by atoms with E-state index in [1.165, 1.54) is 19.3 Å². The van der Waals surface area contributed by atoms with Crippen LogP contribution in [0.2, 0.25) is 0 Å². The van der Waals surface area contributed by atoms with Crippen molar-refractivity contribution in [3.05, 3.63) is 0 Å². The molecule has 4 fully saturated rings. The molecule has 6 heteroatoms. The number of amides is 2. The van der Waals surface area contributed by atoms with Gasteiger partial charge in [0.1, 0.15) is 0 Å². The molecule has 6 nitrogen and oxygen atoms in total. The lowest BCUT2D eigenvalue weighted by molar-refractivity contribution is -0.0134. The molecule has 4 rings (SSSR count). The third kappa shape index (κ3) is 2.48. The molecule has 4 aliphatic carbocycles. The Morgan fingerprint density at radius 2 is 1.74 bits per heavy atom. The summed E-state index contributed by atoms with van der Waals surface area (Å²) in [5.74, 6) is 2.42. The summed E-state index contributed by atoms with van der Waals surface area (Å²) in [6.45, 7) is 0.0781. The van der Waals surface area contributed by atoms with Crippen molar-refractivity contribution in [2.45, 2.75) is 44.1 Å². The van der Waals surface area contributed by atoms with E-state index < -0.39 is 0 Å². The van der Waals surface area contributed by atoms with Crippen LogP contribution in [-0.4, -0.2) is 29.2 Å². The summed E-state index contributed by atoms with van der Waals surface area (Å²) in [7, 11) is 0. The molecule has 0 spiro atoms. The number of nitrogens with one attached hydrogen (secondary N) is 2. The number of rotatable bonds is 3. The highest BCUT2D eigenvalue weighted by molar-refractivity contribution is 5.86. The van der Waals surface area contributed by atoms with Crippen LogP contribution in [-0.2, 0) is 0 Å². The fourth-order valence-corrected chi connectivity index (χ4v) is 4.75. The standard InChI is InChI=1S/C13H22N4O2/c14-11(17-19)7-15-12(18)16-13-4-8-1-9(5-13)3-10(2-8)6-13/h8-10,19H,1-7H2,(H2,14,17)(H2,15,16,18). The summed E-state index contributed by atoms with van der Waals surface area (Å²) >= 11 is 0. The first-order chi connectivity index (χ1) is 9.08. The second-order valence-corrected chi connectivity index (χ2v) is 6.60. The van der Waals surface area contributed by atoms with Crippen molar-refractivity contribution in [1.29, 1.82) is 0 Å². The van der Waals surface area contributed by atoms with Gasteiger partial charge in [0.2, 0.25) is 0 Å². The quantitative estimate of drug-likeness (QED) is 0.265. The second kappa shape index (κ2) is 4.58. The number of hydrogen-bond donors (Lipinski definition) is 4. The van der Waals surface area contributed by atoms with Crippen molar-refractivity contribution < 1.29 is 10.0 Å². The Morgan fingerprint density at radius 1 is 1.21 bits per heavy atom. The number of nitrogens with two attached hydrogens (primary N) is 1. The van der Waals surface area contributed by atoms with Crippen molar-refractivity contribution in [2.75, 3.05) is 6.54 Å². The van der Waals surface area contributed by atoms with Crippen molar-refractivity contribution in [2.24, 2.45) is 28.6 Å². The van der Waals surface area contributed by atoms with Crippen LogP contribution >= 0.6 is 0 Å². The minimum atomic E-state index is -0.200. The van der Waals surface area contributed by atoms with E-state index in [-0.39, 0.29) is 24.0 Å². The molecule has 5 N–H and O–H groups in total. The van der Waals surface area contributed by atoms with Crippen LogP contribution in [0.3, 0.4) is 0 Å². The first-order valence-corrected chi connectivity index (χ1v) is 7.11. The van der Waals surface area contributed by atoms with Gasteiger partial charge in [-0.3, -0.25) is 0 Å². The smallest absolute Gasteiger partial charge is 0.315 e. The maximum Gasteiger partial charge on any atom is 0.315 e. The van der Waals surface area contributed by atoms with E-state index in [1.54, 1.807) is 0 Å². The van der Waals surface area contributed by atoms with Crippen molar-refractivity contribution in [3.63, 3.8) is 0 Å². The maximum atomic E-state index is 11.9. The molecule has 2 amide bonds. The van der Waals surface area contributed by atoms with Gasteiger partial charge in [0.05, 0.1) is 6.54 Å². The van der Waals surface area contributed by atoms with Crippen LogP contribution in [0.25, 0.3) is 0 Å². The molecule has 0 saturated heterocycles. The fourth-order valence-electron chi connectivity index (χ4n) is 4.75. The van der Waals surface area contributed by atoms with Gasteiger partial charge in [-0.15, -0.1) is 0 Å². The highest BCUT2D eigenvalue weighted by Crippen LogP contribution is 2.55. The molecular weight excluding hydrogens is 244 g/mol. The lowest BCUT2D eigenvalue weighted by Crippen LogP contribution is -2.61. The van der Waals surface area contributed by atoms with Gasteiger partial charge >= 0.3 is 6.03 Å². The highest BCUT2D eigenvalue weighted by Gasteiger charge is 2.51. The monoisotopic (exact) mass is 266 g/mol. The molecule has 0 aliphatic heterocycles. The largest absolute Gasteiger partial charge is 0.409 e. The summed E-state index contributed by atoms with van der Waals surface area (Å²) in [5.41, 5.74) is 5.34. The highest BCUT2D eigenvalue weighted by atomic mass is 16.4. The summed E-state index contributed by atoms with van der Waals surface area (Å²) in [6, 6.07) is -0.200. The molecule has 0 unspecified atom stereocenters. The molecule has 0 heterocycles. The molecular formula is C13H22N4O2. The van der Waals surface area contributed by atoms with E-state index in [4.69, 9.17) is 10.9 Å². The average Bonchev–Trinajstić information content (AvgIpc) is 2.33. The van der Waals surface area contributed by atoms with Gasteiger partial charge in [-0.1, -0.05) is 5.16 Å². The van der Waals surface area contributed by atoms with Crippen LogP contribution in [0.1, 0.15) is 38.5 Å². The van der Waals surface area contributed by atoms with Gasteiger partial charge in [-0.2, -0.15) is 0 Å². The molecule has 0 aromatic heterocycles. The molecule has 19 heavy (non-hydrogen) atoms. The Kier molecular flexibility index (Phi) is 3.03. The summed E-state index contributed by atoms with van der Waals surface area (Å²) in [4.78, 5) is 11.9. The number of carbonyl (C=O) groups is 1. The molecule has 4 bridgehead atoms. The van der Waals surface area contributed by atoms with Gasteiger partial charge in [0.25, 0.3) is 0 Å². The Bertz CT molecular complexity index is 372. The first kappa shape index (κ1) is 12.6. The molecule has 106 valence electrons. The Labute approximate surface area is 112 Å². The Morgan fingerprint density at radius 3 is 2.21 bits per heavy atom. The number of nitrogens with zero attached hydrogens (tertiary/aromatic N) is 1. The van der Waals surface area contributed by atoms with Gasteiger partial charge in [-0.25, -0.2) is 4.79 Å². The van der Waals surface area contributed by atoms with Crippen molar-refractivity contribution in [3.8, 4) is 0 Å². The van der Waals surface area contributed by atoms with Crippen molar-refractivity contribution >= 4 is 11.9 Å². The molecule has 4 saturated carbocycles. The third-order valence-electron chi connectivity index (χ3n) is 4.98.